The first-order valence-corrected chi connectivity index (χ1v) is 6.56. The number of nitrogens with one attached hydrogen (secondary N) is 1. The van der Waals surface area contributed by atoms with E-state index in [0.717, 1.165) is 13.2 Å². The second kappa shape index (κ2) is 5.10. The molecule has 1 fully saturated rings. The van der Waals surface area contributed by atoms with Crippen molar-refractivity contribution in [3.05, 3.63) is 22.4 Å². The van der Waals surface area contributed by atoms with Crippen molar-refractivity contribution in [3.63, 3.8) is 0 Å². The van der Waals surface area contributed by atoms with Gasteiger partial charge >= 0.3 is 0 Å². The summed E-state index contributed by atoms with van der Waals surface area (Å²) in [7, 11) is 2.05. The second-order valence-corrected chi connectivity index (χ2v) is 5.12. The molecule has 84 valence electrons. The van der Waals surface area contributed by atoms with Crippen LogP contribution in [0.25, 0.3) is 0 Å². The predicted molar refractivity (Wildman–Crippen MR) is 64.3 cm³/mol. The molecule has 2 nitrogen and oxygen atoms in total. The molecule has 1 aliphatic heterocycles. The number of thiophene rings is 1. The average Bonchev–Trinajstić information content (AvgIpc) is 2.72. The van der Waals surface area contributed by atoms with Crippen LogP contribution in [-0.4, -0.2) is 20.3 Å². The van der Waals surface area contributed by atoms with Gasteiger partial charge in [-0.3, -0.25) is 0 Å². The summed E-state index contributed by atoms with van der Waals surface area (Å²) >= 11 is 1.83. The topological polar surface area (TPSA) is 21.3 Å². The molecule has 1 aromatic heterocycles. The molecule has 1 N–H and O–H groups in total. The zero-order valence-electron chi connectivity index (χ0n) is 9.29. The van der Waals surface area contributed by atoms with E-state index in [0.29, 0.717) is 0 Å². The molecule has 1 aliphatic rings. The smallest absolute Gasteiger partial charge is 0.0762 e. The Morgan fingerprint density at radius 1 is 1.40 bits per heavy atom. The van der Waals surface area contributed by atoms with E-state index in [4.69, 9.17) is 4.74 Å². The first-order valence-electron chi connectivity index (χ1n) is 5.68. The quantitative estimate of drug-likeness (QED) is 0.835. The maximum absolute atomic E-state index is 5.75. The SMILES string of the molecule is CN[C@@]1(c2cccs2)CCCCCOC1. The molecule has 15 heavy (non-hydrogen) atoms. The zero-order chi connectivity index (χ0) is 10.6. The van der Waals surface area contributed by atoms with Crippen LogP contribution in [-0.2, 0) is 10.3 Å². The lowest BCUT2D eigenvalue weighted by Crippen LogP contribution is -2.44. The number of likely N-dealkylation sites (N-methyl/N-ethyl adjacent to an activating group) is 1. The van der Waals surface area contributed by atoms with Gasteiger partial charge < -0.3 is 10.1 Å². The predicted octanol–water partition coefficient (Wildman–Crippen LogP) is 2.75. The van der Waals surface area contributed by atoms with Crippen LogP contribution in [0.5, 0.6) is 0 Å². The normalized spacial score (nSPS) is 28.3. The van der Waals surface area contributed by atoms with Crippen molar-refractivity contribution in [2.45, 2.75) is 31.2 Å². The third-order valence-electron chi connectivity index (χ3n) is 3.21. The largest absolute Gasteiger partial charge is 0.379 e. The van der Waals surface area contributed by atoms with E-state index in [1.54, 1.807) is 0 Å². The van der Waals surface area contributed by atoms with Gasteiger partial charge in [-0.25, -0.2) is 0 Å². The van der Waals surface area contributed by atoms with Gasteiger partial charge in [0.1, 0.15) is 0 Å². The summed E-state index contributed by atoms with van der Waals surface area (Å²) in [5, 5.41) is 5.62. The number of hydrogen-bond donors (Lipinski definition) is 1. The summed E-state index contributed by atoms with van der Waals surface area (Å²) in [6.07, 6.45) is 4.98. The van der Waals surface area contributed by atoms with Crippen LogP contribution >= 0.6 is 11.3 Å². The minimum Gasteiger partial charge on any atom is -0.379 e. The lowest BCUT2D eigenvalue weighted by Gasteiger charge is -2.34. The standard InChI is InChI=1S/C12H19NOS/c1-13-12(11-6-5-9-15-11)7-3-2-4-8-14-10-12/h5-6,9,13H,2-4,7-8,10H2,1H3/t12-/m0/s1. The molecule has 0 unspecified atom stereocenters. The maximum atomic E-state index is 5.75. The Kier molecular flexibility index (Phi) is 3.78. The Balaban J connectivity index is 2.17. The number of rotatable bonds is 2. The Morgan fingerprint density at radius 2 is 2.33 bits per heavy atom. The molecule has 3 heteroatoms. The Morgan fingerprint density at radius 3 is 3.07 bits per heavy atom. The fourth-order valence-corrected chi connectivity index (χ4v) is 3.14. The molecule has 0 bridgehead atoms. The molecule has 0 aliphatic carbocycles. The molecule has 0 aromatic carbocycles. The van der Waals surface area contributed by atoms with E-state index in [1.165, 1.54) is 30.6 Å². The minimum atomic E-state index is 0.0641. The van der Waals surface area contributed by atoms with Gasteiger partial charge in [-0.15, -0.1) is 11.3 Å². The van der Waals surface area contributed by atoms with Gasteiger partial charge in [0, 0.05) is 11.5 Å². The minimum absolute atomic E-state index is 0.0641. The van der Waals surface area contributed by atoms with Crippen molar-refractivity contribution in [1.82, 2.24) is 5.32 Å². The van der Waals surface area contributed by atoms with Gasteiger partial charge in [-0.05, 0) is 31.3 Å². The van der Waals surface area contributed by atoms with Gasteiger partial charge in [0.25, 0.3) is 0 Å². The summed E-state index contributed by atoms with van der Waals surface area (Å²) in [5.74, 6) is 0. The van der Waals surface area contributed by atoms with Gasteiger partial charge in [0.15, 0.2) is 0 Å². The van der Waals surface area contributed by atoms with Crippen LogP contribution in [0.4, 0.5) is 0 Å². The van der Waals surface area contributed by atoms with Crippen LogP contribution in [0.1, 0.15) is 30.6 Å². The fraction of sp³-hybridized carbons (Fsp3) is 0.667. The molecule has 2 heterocycles. The lowest BCUT2D eigenvalue weighted by molar-refractivity contribution is 0.0517. The van der Waals surface area contributed by atoms with E-state index in [2.05, 4.69) is 22.8 Å². The molecule has 0 spiro atoms. The summed E-state index contributed by atoms with van der Waals surface area (Å²) in [6, 6.07) is 4.34. The summed E-state index contributed by atoms with van der Waals surface area (Å²) in [5.41, 5.74) is 0.0641. The molecule has 1 saturated heterocycles. The molecule has 0 radical (unpaired) electrons. The second-order valence-electron chi connectivity index (χ2n) is 4.17. The Hall–Kier alpha value is -0.380. The molecule has 2 rings (SSSR count). The van der Waals surface area contributed by atoms with Crippen molar-refractivity contribution < 1.29 is 4.74 Å². The fourth-order valence-electron chi connectivity index (χ4n) is 2.19. The zero-order valence-corrected chi connectivity index (χ0v) is 10.1. The summed E-state index contributed by atoms with van der Waals surface area (Å²) < 4.78 is 5.75. The average molecular weight is 225 g/mol. The van der Waals surface area contributed by atoms with Crippen molar-refractivity contribution in [3.8, 4) is 0 Å². The first-order chi connectivity index (χ1) is 7.37. The summed E-state index contributed by atoms with van der Waals surface area (Å²) in [6.45, 7) is 1.72. The van der Waals surface area contributed by atoms with Crippen LogP contribution < -0.4 is 5.32 Å². The monoisotopic (exact) mass is 225 g/mol. The van der Waals surface area contributed by atoms with Crippen molar-refractivity contribution >= 4 is 11.3 Å². The molecule has 1 atom stereocenters. The van der Waals surface area contributed by atoms with E-state index < -0.39 is 0 Å². The highest BCUT2D eigenvalue weighted by Gasteiger charge is 2.32. The van der Waals surface area contributed by atoms with E-state index >= 15 is 0 Å². The number of hydrogen-bond acceptors (Lipinski definition) is 3. The molecule has 1 aromatic rings. The van der Waals surface area contributed by atoms with Crippen LogP contribution in [0.15, 0.2) is 17.5 Å². The van der Waals surface area contributed by atoms with Gasteiger partial charge in [-0.1, -0.05) is 18.9 Å². The van der Waals surface area contributed by atoms with Gasteiger partial charge in [0.2, 0.25) is 0 Å². The molecule has 0 saturated carbocycles. The Bertz CT molecular complexity index is 276. The van der Waals surface area contributed by atoms with Crippen LogP contribution in [0.2, 0.25) is 0 Å². The van der Waals surface area contributed by atoms with Crippen LogP contribution in [0, 0.1) is 0 Å². The number of ether oxygens (including phenoxy) is 1. The highest BCUT2D eigenvalue weighted by Crippen LogP contribution is 2.32. The third-order valence-corrected chi connectivity index (χ3v) is 4.29. The molecular formula is C12H19NOS. The van der Waals surface area contributed by atoms with Gasteiger partial charge in [0.05, 0.1) is 12.1 Å². The highest BCUT2D eigenvalue weighted by atomic mass is 32.1. The van der Waals surface area contributed by atoms with Crippen LogP contribution in [0.3, 0.4) is 0 Å². The summed E-state index contributed by atoms with van der Waals surface area (Å²) in [4.78, 5) is 1.41. The van der Waals surface area contributed by atoms with Crippen molar-refractivity contribution in [1.29, 1.82) is 0 Å². The van der Waals surface area contributed by atoms with E-state index in [-0.39, 0.29) is 5.54 Å². The van der Waals surface area contributed by atoms with E-state index in [1.807, 2.05) is 18.4 Å². The third kappa shape index (κ3) is 2.41. The molecule has 0 amide bonds. The highest BCUT2D eigenvalue weighted by molar-refractivity contribution is 7.10. The lowest BCUT2D eigenvalue weighted by atomic mass is 9.90. The molecular weight excluding hydrogens is 206 g/mol. The van der Waals surface area contributed by atoms with Crippen molar-refractivity contribution in [2.24, 2.45) is 0 Å². The maximum Gasteiger partial charge on any atom is 0.0762 e. The van der Waals surface area contributed by atoms with Crippen molar-refractivity contribution in [2.75, 3.05) is 20.3 Å². The van der Waals surface area contributed by atoms with E-state index in [9.17, 15) is 0 Å². The first kappa shape index (κ1) is 11.1. The van der Waals surface area contributed by atoms with Gasteiger partial charge in [-0.2, -0.15) is 0 Å². The Labute approximate surface area is 95.6 Å².